The van der Waals surface area contributed by atoms with Crippen molar-refractivity contribution in [1.29, 1.82) is 0 Å². The van der Waals surface area contributed by atoms with Gasteiger partial charge >= 0.3 is 0 Å². The van der Waals surface area contributed by atoms with E-state index in [0.29, 0.717) is 11.7 Å². The van der Waals surface area contributed by atoms with Gasteiger partial charge in [0.2, 0.25) is 11.8 Å². The Hall–Kier alpha value is -2.30. The minimum atomic E-state index is 0.200. The van der Waals surface area contributed by atoms with Crippen LogP contribution in [0.5, 0.6) is 11.6 Å². The Balaban J connectivity index is 2.21. The number of nitrogens with two attached hydrogens (primary N) is 1. The van der Waals surface area contributed by atoms with E-state index in [9.17, 15) is 0 Å². The molecule has 0 radical (unpaired) electrons. The van der Waals surface area contributed by atoms with Crippen molar-refractivity contribution in [1.82, 2.24) is 9.97 Å². The maximum Gasteiger partial charge on any atom is 0.226 e. The van der Waals surface area contributed by atoms with E-state index >= 15 is 0 Å². The van der Waals surface area contributed by atoms with Crippen LogP contribution in [0, 0.1) is 13.8 Å². The molecule has 1 aromatic carbocycles. The number of nitrogens with zero attached hydrogens (tertiary/aromatic N) is 2. The van der Waals surface area contributed by atoms with Crippen molar-refractivity contribution in [3.05, 3.63) is 35.4 Å². The third-order valence-corrected chi connectivity index (χ3v) is 2.82. The van der Waals surface area contributed by atoms with Crippen molar-refractivity contribution < 1.29 is 4.74 Å². The SMILES string of the molecule is CCCNc1cc(Oc2ccc(C)cc2C)nc(N)n1. The zero-order valence-electron chi connectivity index (χ0n) is 12.1. The summed E-state index contributed by atoms with van der Waals surface area (Å²) in [5.41, 5.74) is 7.96. The van der Waals surface area contributed by atoms with E-state index < -0.39 is 0 Å². The first kappa shape index (κ1) is 14.1. The second-order valence-electron chi connectivity index (χ2n) is 4.75. The summed E-state index contributed by atoms with van der Waals surface area (Å²) >= 11 is 0. The first-order valence-corrected chi connectivity index (χ1v) is 6.72. The number of benzene rings is 1. The van der Waals surface area contributed by atoms with Gasteiger partial charge in [0.25, 0.3) is 0 Å². The number of hydrogen-bond acceptors (Lipinski definition) is 5. The van der Waals surface area contributed by atoms with Crippen molar-refractivity contribution in [2.24, 2.45) is 0 Å². The first-order chi connectivity index (χ1) is 9.58. The summed E-state index contributed by atoms with van der Waals surface area (Å²) in [6, 6.07) is 7.76. The van der Waals surface area contributed by atoms with Crippen LogP contribution in [0.2, 0.25) is 0 Å². The van der Waals surface area contributed by atoms with Crippen LogP contribution < -0.4 is 15.8 Å². The normalized spacial score (nSPS) is 10.3. The fourth-order valence-corrected chi connectivity index (χ4v) is 1.87. The molecule has 1 heterocycles. The molecule has 0 saturated heterocycles. The van der Waals surface area contributed by atoms with Crippen LogP contribution >= 0.6 is 0 Å². The Bertz CT molecular complexity index is 598. The number of nitrogens with one attached hydrogen (secondary N) is 1. The molecule has 0 aliphatic heterocycles. The van der Waals surface area contributed by atoms with Crippen molar-refractivity contribution in [3.8, 4) is 11.6 Å². The molecular formula is C15H20N4O. The lowest BCUT2D eigenvalue weighted by Crippen LogP contribution is -2.05. The van der Waals surface area contributed by atoms with Gasteiger partial charge in [-0.2, -0.15) is 9.97 Å². The van der Waals surface area contributed by atoms with Gasteiger partial charge in [0.1, 0.15) is 11.6 Å². The standard InChI is InChI=1S/C15H20N4O/c1-4-7-17-13-9-14(19-15(16)18-13)20-12-6-5-10(2)8-11(12)3/h5-6,8-9H,4,7H2,1-3H3,(H3,16,17,18,19). The third-order valence-electron chi connectivity index (χ3n) is 2.82. The van der Waals surface area contributed by atoms with Crippen LogP contribution in [-0.4, -0.2) is 16.5 Å². The van der Waals surface area contributed by atoms with Gasteiger partial charge < -0.3 is 15.8 Å². The second kappa shape index (κ2) is 6.23. The van der Waals surface area contributed by atoms with Gasteiger partial charge in [-0.15, -0.1) is 0 Å². The largest absolute Gasteiger partial charge is 0.439 e. The molecule has 0 saturated carbocycles. The monoisotopic (exact) mass is 272 g/mol. The summed E-state index contributed by atoms with van der Waals surface area (Å²) in [5.74, 6) is 2.10. The number of rotatable bonds is 5. The Morgan fingerprint density at radius 2 is 2.00 bits per heavy atom. The van der Waals surface area contributed by atoms with E-state index in [4.69, 9.17) is 10.5 Å². The van der Waals surface area contributed by atoms with Crippen molar-refractivity contribution >= 4 is 11.8 Å². The maximum absolute atomic E-state index is 5.79. The number of nitrogen functional groups attached to an aromatic ring is 1. The van der Waals surface area contributed by atoms with Gasteiger partial charge in [0.05, 0.1) is 0 Å². The number of ether oxygens (including phenoxy) is 1. The van der Waals surface area contributed by atoms with Crippen molar-refractivity contribution in [2.75, 3.05) is 17.6 Å². The predicted octanol–water partition coefficient (Wildman–Crippen LogP) is 3.29. The highest BCUT2D eigenvalue weighted by Gasteiger charge is 2.06. The van der Waals surface area contributed by atoms with Crippen LogP contribution in [0.25, 0.3) is 0 Å². The fourth-order valence-electron chi connectivity index (χ4n) is 1.87. The maximum atomic E-state index is 5.79. The lowest BCUT2D eigenvalue weighted by molar-refractivity contribution is 0.459. The zero-order valence-corrected chi connectivity index (χ0v) is 12.1. The minimum absolute atomic E-state index is 0.200. The topological polar surface area (TPSA) is 73.1 Å². The van der Waals surface area contributed by atoms with E-state index in [1.165, 1.54) is 5.56 Å². The van der Waals surface area contributed by atoms with Gasteiger partial charge in [0, 0.05) is 12.6 Å². The third kappa shape index (κ3) is 3.60. The molecule has 106 valence electrons. The lowest BCUT2D eigenvalue weighted by atomic mass is 10.1. The number of aryl methyl sites for hydroxylation is 2. The average Bonchev–Trinajstić information content (AvgIpc) is 2.39. The molecule has 0 amide bonds. The highest BCUT2D eigenvalue weighted by atomic mass is 16.5. The highest BCUT2D eigenvalue weighted by Crippen LogP contribution is 2.26. The summed E-state index contributed by atoms with van der Waals surface area (Å²) in [6.07, 6.45) is 1.01. The van der Waals surface area contributed by atoms with Crippen molar-refractivity contribution in [2.45, 2.75) is 27.2 Å². The molecule has 0 bridgehead atoms. The summed E-state index contributed by atoms with van der Waals surface area (Å²) in [4.78, 5) is 8.23. The predicted molar refractivity (Wildman–Crippen MR) is 81.2 cm³/mol. The zero-order chi connectivity index (χ0) is 14.5. The van der Waals surface area contributed by atoms with E-state index in [1.807, 2.05) is 26.0 Å². The molecule has 3 N–H and O–H groups in total. The first-order valence-electron chi connectivity index (χ1n) is 6.72. The fraction of sp³-hybridized carbons (Fsp3) is 0.333. The van der Waals surface area contributed by atoms with Crippen LogP contribution in [-0.2, 0) is 0 Å². The van der Waals surface area contributed by atoms with Crippen LogP contribution in [0.3, 0.4) is 0 Å². The molecule has 0 aliphatic rings. The Labute approximate surface area is 119 Å². The second-order valence-corrected chi connectivity index (χ2v) is 4.75. The van der Waals surface area contributed by atoms with E-state index in [2.05, 4.69) is 28.3 Å². The molecule has 2 rings (SSSR count). The number of anilines is 2. The van der Waals surface area contributed by atoms with E-state index in [-0.39, 0.29) is 5.95 Å². The van der Waals surface area contributed by atoms with Crippen LogP contribution in [0.15, 0.2) is 24.3 Å². The summed E-state index contributed by atoms with van der Waals surface area (Å²) < 4.78 is 5.79. The smallest absolute Gasteiger partial charge is 0.226 e. The highest BCUT2D eigenvalue weighted by molar-refractivity contribution is 5.45. The summed E-state index contributed by atoms with van der Waals surface area (Å²) in [5, 5.41) is 3.17. The Morgan fingerprint density at radius 3 is 2.70 bits per heavy atom. The van der Waals surface area contributed by atoms with Crippen molar-refractivity contribution in [3.63, 3.8) is 0 Å². The molecule has 0 spiro atoms. The molecule has 2 aromatic rings. The molecule has 0 atom stereocenters. The van der Waals surface area contributed by atoms with Gasteiger partial charge in [-0.1, -0.05) is 24.6 Å². The molecule has 20 heavy (non-hydrogen) atoms. The molecular weight excluding hydrogens is 252 g/mol. The number of aromatic nitrogens is 2. The summed E-state index contributed by atoms with van der Waals surface area (Å²) in [7, 11) is 0. The molecule has 0 aliphatic carbocycles. The Kier molecular flexibility index (Phi) is 4.40. The molecule has 0 fully saturated rings. The lowest BCUT2D eigenvalue weighted by Gasteiger charge is -2.10. The van der Waals surface area contributed by atoms with Crippen LogP contribution in [0.1, 0.15) is 24.5 Å². The molecule has 0 unspecified atom stereocenters. The summed E-state index contributed by atoms with van der Waals surface area (Å²) in [6.45, 7) is 6.97. The van der Waals surface area contributed by atoms with Gasteiger partial charge in [0.15, 0.2) is 0 Å². The van der Waals surface area contributed by atoms with Crippen LogP contribution in [0.4, 0.5) is 11.8 Å². The molecule has 5 nitrogen and oxygen atoms in total. The van der Waals surface area contributed by atoms with Gasteiger partial charge in [-0.25, -0.2) is 0 Å². The average molecular weight is 272 g/mol. The molecule has 1 aromatic heterocycles. The number of hydrogen-bond donors (Lipinski definition) is 2. The molecule has 5 heteroatoms. The van der Waals surface area contributed by atoms with Gasteiger partial charge in [-0.05, 0) is 31.9 Å². The minimum Gasteiger partial charge on any atom is -0.439 e. The Morgan fingerprint density at radius 1 is 1.20 bits per heavy atom. The van der Waals surface area contributed by atoms with Gasteiger partial charge in [-0.3, -0.25) is 0 Å². The van der Waals surface area contributed by atoms with E-state index in [0.717, 1.165) is 24.3 Å². The van der Waals surface area contributed by atoms with E-state index in [1.54, 1.807) is 6.07 Å². The quantitative estimate of drug-likeness (QED) is 0.873.